The Morgan fingerprint density at radius 2 is 1.85 bits per heavy atom. The van der Waals surface area contributed by atoms with Crippen LogP contribution in [-0.4, -0.2) is 39.4 Å². The number of halogens is 1. The molecule has 1 fully saturated rings. The minimum absolute atomic E-state index is 0.0271. The predicted molar refractivity (Wildman–Crippen MR) is 100 cm³/mol. The lowest BCUT2D eigenvalue weighted by molar-refractivity contribution is 0.0789. The molecule has 8 heteroatoms. The summed E-state index contributed by atoms with van der Waals surface area (Å²) in [6, 6.07) is 10.8. The van der Waals surface area contributed by atoms with Gasteiger partial charge in [0, 0.05) is 13.1 Å². The van der Waals surface area contributed by atoms with Gasteiger partial charge in [0.1, 0.15) is 5.75 Å². The van der Waals surface area contributed by atoms with E-state index in [1.54, 1.807) is 29.2 Å². The van der Waals surface area contributed by atoms with Crippen LogP contribution in [0.4, 0.5) is 5.69 Å². The van der Waals surface area contributed by atoms with Crippen LogP contribution < -0.4 is 9.46 Å². The molecule has 1 aliphatic heterocycles. The maximum Gasteiger partial charge on any atom is 0.261 e. The van der Waals surface area contributed by atoms with E-state index in [0.717, 1.165) is 12.8 Å². The molecule has 0 radical (unpaired) electrons. The van der Waals surface area contributed by atoms with Crippen LogP contribution in [0, 0.1) is 0 Å². The van der Waals surface area contributed by atoms with Crippen LogP contribution in [-0.2, 0) is 10.0 Å². The summed E-state index contributed by atoms with van der Waals surface area (Å²) >= 11 is 6.03. The average molecular weight is 395 g/mol. The summed E-state index contributed by atoms with van der Waals surface area (Å²) in [5, 5.41) is 0.290. The normalized spacial score (nSPS) is 14.3. The van der Waals surface area contributed by atoms with Crippen molar-refractivity contribution in [1.82, 2.24) is 4.90 Å². The number of carbonyl (C=O) groups is 1. The molecule has 0 atom stereocenters. The molecule has 138 valence electrons. The second-order valence-electron chi connectivity index (χ2n) is 5.95. The summed E-state index contributed by atoms with van der Waals surface area (Å²) in [6.45, 7) is 1.33. The number of hydrogen-bond donors (Lipinski definition) is 1. The van der Waals surface area contributed by atoms with Crippen molar-refractivity contribution in [3.05, 3.63) is 53.1 Å². The van der Waals surface area contributed by atoms with E-state index >= 15 is 0 Å². The standard InChI is InChI=1S/C18H19ClN2O4S/c1-25-17-9-8-13(12-14(17)18(22)21-10-4-5-11-21)26(23,24)20-16-7-3-2-6-15(16)19/h2-3,6-9,12,20H,4-5,10-11H2,1H3. The fourth-order valence-corrected chi connectivity index (χ4v) is 4.20. The number of sulfonamides is 1. The highest BCUT2D eigenvalue weighted by atomic mass is 35.5. The van der Waals surface area contributed by atoms with Gasteiger partial charge in [-0.2, -0.15) is 0 Å². The number of benzene rings is 2. The lowest BCUT2D eigenvalue weighted by Gasteiger charge is -2.18. The number of ether oxygens (including phenoxy) is 1. The molecule has 26 heavy (non-hydrogen) atoms. The van der Waals surface area contributed by atoms with Gasteiger partial charge in [-0.25, -0.2) is 8.42 Å². The highest BCUT2D eigenvalue weighted by Crippen LogP contribution is 2.28. The summed E-state index contributed by atoms with van der Waals surface area (Å²) in [6.07, 6.45) is 1.89. The molecule has 1 amide bonds. The van der Waals surface area contributed by atoms with Crippen LogP contribution in [0.25, 0.3) is 0 Å². The van der Waals surface area contributed by atoms with Gasteiger partial charge >= 0.3 is 0 Å². The Morgan fingerprint density at radius 3 is 2.50 bits per heavy atom. The summed E-state index contributed by atoms with van der Waals surface area (Å²) in [5.74, 6) is 0.118. The highest BCUT2D eigenvalue weighted by Gasteiger charge is 2.25. The number of amides is 1. The van der Waals surface area contributed by atoms with Gasteiger partial charge in [0.05, 0.1) is 28.3 Å². The van der Waals surface area contributed by atoms with Gasteiger partial charge in [-0.05, 0) is 43.2 Å². The molecule has 1 saturated heterocycles. The summed E-state index contributed by atoms with van der Waals surface area (Å²) in [5.41, 5.74) is 0.508. The van der Waals surface area contributed by atoms with E-state index in [1.165, 1.54) is 25.3 Å². The molecule has 2 aromatic rings. The quantitative estimate of drug-likeness (QED) is 0.843. The van der Waals surface area contributed by atoms with E-state index in [2.05, 4.69) is 4.72 Å². The van der Waals surface area contributed by atoms with E-state index in [0.29, 0.717) is 18.8 Å². The molecule has 0 aliphatic carbocycles. The van der Waals surface area contributed by atoms with E-state index < -0.39 is 10.0 Å². The molecule has 0 saturated carbocycles. The zero-order valence-electron chi connectivity index (χ0n) is 14.2. The second-order valence-corrected chi connectivity index (χ2v) is 8.04. The van der Waals surface area contributed by atoms with Crippen molar-refractivity contribution in [3.8, 4) is 5.75 Å². The molecule has 2 aromatic carbocycles. The van der Waals surface area contributed by atoms with E-state index in [4.69, 9.17) is 16.3 Å². The number of likely N-dealkylation sites (tertiary alicyclic amines) is 1. The number of rotatable bonds is 5. The largest absolute Gasteiger partial charge is 0.496 e. The predicted octanol–water partition coefficient (Wildman–Crippen LogP) is 3.39. The zero-order chi connectivity index (χ0) is 18.7. The van der Waals surface area contributed by atoms with Crippen LogP contribution in [0.3, 0.4) is 0 Å². The number of nitrogens with zero attached hydrogens (tertiary/aromatic N) is 1. The van der Waals surface area contributed by atoms with Crippen LogP contribution in [0.2, 0.25) is 5.02 Å². The third-order valence-corrected chi connectivity index (χ3v) is 5.92. The first-order chi connectivity index (χ1) is 12.4. The Bertz CT molecular complexity index is 925. The first-order valence-corrected chi connectivity index (χ1v) is 10.0. The zero-order valence-corrected chi connectivity index (χ0v) is 15.8. The Morgan fingerprint density at radius 1 is 1.15 bits per heavy atom. The molecule has 0 bridgehead atoms. The van der Waals surface area contributed by atoms with Gasteiger partial charge in [-0.15, -0.1) is 0 Å². The molecule has 1 aliphatic rings. The Hall–Kier alpha value is -2.25. The number of hydrogen-bond acceptors (Lipinski definition) is 4. The van der Waals surface area contributed by atoms with Crippen molar-refractivity contribution < 1.29 is 17.9 Å². The topological polar surface area (TPSA) is 75.7 Å². The van der Waals surface area contributed by atoms with Gasteiger partial charge in [-0.3, -0.25) is 9.52 Å². The number of carbonyl (C=O) groups excluding carboxylic acids is 1. The van der Waals surface area contributed by atoms with E-state index in [9.17, 15) is 13.2 Å². The smallest absolute Gasteiger partial charge is 0.261 e. The van der Waals surface area contributed by atoms with Gasteiger partial charge < -0.3 is 9.64 Å². The molecule has 0 unspecified atom stereocenters. The Kier molecular flexibility index (Phi) is 5.38. The first kappa shape index (κ1) is 18.5. The lowest BCUT2D eigenvalue weighted by atomic mass is 10.1. The first-order valence-electron chi connectivity index (χ1n) is 8.17. The van der Waals surface area contributed by atoms with Gasteiger partial charge in [0.2, 0.25) is 0 Å². The van der Waals surface area contributed by atoms with Crippen molar-refractivity contribution in [2.75, 3.05) is 24.9 Å². The van der Waals surface area contributed by atoms with Crippen molar-refractivity contribution in [3.63, 3.8) is 0 Å². The van der Waals surface area contributed by atoms with Crippen LogP contribution >= 0.6 is 11.6 Å². The average Bonchev–Trinajstić information content (AvgIpc) is 3.17. The van der Waals surface area contributed by atoms with E-state index in [1.807, 2.05) is 0 Å². The second kappa shape index (κ2) is 7.55. The maximum atomic E-state index is 12.7. The minimum Gasteiger partial charge on any atom is -0.496 e. The molecular formula is C18H19ClN2O4S. The number of methoxy groups -OCH3 is 1. The third kappa shape index (κ3) is 3.78. The highest BCUT2D eigenvalue weighted by molar-refractivity contribution is 7.92. The number of nitrogens with one attached hydrogen (secondary N) is 1. The molecule has 6 nitrogen and oxygen atoms in total. The fraction of sp³-hybridized carbons (Fsp3) is 0.278. The van der Waals surface area contributed by atoms with Gasteiger partial charge in [-0.1, -0.05) is 23.7 Å². The van der Waals surface area contributed by atoms with Crippen molar-refractivity contribution in [1.29, 1.82) is 0 Å². The molecule has 1 N–H and O–H groups in total. The third-order valence-electron chi connectivity index (χ3n) is 4.22. The fourth-order valence-electron chi connectivity index (χ4n) is 2.86. The molecular weight excluding hydrogens is 376 g/mol. The minimum atomic E-state index is -3.90. The molecule has 0 aromatic heterocycles. The summed E-state index contributed by atoms with van der Waals surface area (Å²) in [7, 11) is -2.45. The van der Waals surface area contributed by atoms with Crippen LogP contribution in [0.15, 0.2) is 47.4 Å². The number of anilines is 1. The van der Waals surface area contributed by atoms with Crippen LogP contribution in [0.1, 0.15) is 23.2 Å². The SMILES string of the molecule is COc1ccc(S(=O)(=O)Nc2ccccc2Cl)cc1C(=O)N1CCCC1. The Balaban J connectivity index is 1.96. The van der Waals surface area contributed by atoms with E-state index in [-0.39, 0.29) is 27.1 Å². The number of para-hydroxylation sites is 1. The van der Waals surface area contributed by atoms with Gasteiger partial charge in [0.15, 0.2) is 0 Å². The molecule has 1 heterocycles. The monoisotopic (exact) mass is 394 g/mol. The van der Waals surface area contributed by atoms with Crippen molar-refractivity contribution in [2.24, 2.45) is 0 Å². The van der Waals surface area contributed by atoms with Gasteiger partial charge in [0.25, 0.3) is 15.9 Å². The molecule has 0 spiro atoms. The van der Waals surface area contributed by atoms with Crippen molar-refractivity contribution >= 4 is 33.2 Å². The summed E-state index contributed by atoms with van der Waals surface area (Å²) < 4.78 is 33.1. The maximum absolute atomic E-state index is 12.7. The van der Waals surface area contributed by atoms with Crippen LogP contribution in [0.5, 0.6) is 5.75 Å². The Labute approximate surface area is 157 Å². The lowest BCUT2D eigenvalue weighted by Crippen LogP contribution is -2.28. The molecule has 3 rings (SSSR count). The van der Waals surface area contributed by atoms with Crippen molar-refractivity contribution in [2.45, 2.75) is 17.7 Å². The summed E-state index contributed by atoms with van der Waals surface area (Å²) in [4.78, 5) is 14.4.